The topological polar surface area (TPSA) is 72.0 Å². The molecular formula is C12H11ClF3N3O. The Labute approximate surface area is 118 Å². The summed E-state index contributed by atoms with van der Waals surface area (Å²) in [6.07, 6.45) is -2.53. The van der Waals surface area contributed by atoms with Gasteiger partial charge in [-0.25, -0.2) is 0 Å². The first-order valence-electron chi connectivity index (χ1n) is 5.33. The van der Waals surface area contributed by atoms with Gasteiger partial charge in [-0.05, 0) is 18.2 Å². The van der Waals surface area contributed by atoms with Crippen LogP contribution >= 0.6 is 12.4 Å². The van der Waals surface area contributed by atoms with E-state index in [9.17, 15) is 18.3 Å². The van der Waals surface area contributed by atoms with Crippen LogP contribution in [-0.4, -0.2) is 15.1 Å². The summed E-state index contributed by atoms with van der Waals surface area (Å²) < 4.78 is 37.2. The van der Waals surface area contributed by atoms with Crippen molar-refractivity contribution >= 4 is 12.4 Å². The predicted octanol–water partition coefficient (Wildman–Crippen LogP) is 2.75. The van der Waals surface area contributed by atoms with Crippen LogP contribution < -0.4 is 5.73 Å². The fourth-order valence-electron chi connectivity index (χ4n) is 1.53. The highest BCUT2D eigenvalue weighted by atomic mass is 35.5. The lowest BCUT2D eigenvalue weighted by atomic mass is 10.1. The molecule has 0 saturated carbocycles. The second kappa shape index (κ2) is 6.06. The average Bonchev–Trinajstić information content (AvgIpc) is 2.38. The van der Waals surface area contributed by atoms with Crippen LogP contribution in [0.25, 0.3) is 11.3 Å². The quantitative estimate of drug-likeness (QED) is 0.895. The number of nitrogens with zero attached hydrogens (tertiary/aromatic N) is 2. The van der Waals surface area contributed by atoms with E-state index < -0.39 is 11.7 Å². The molecule has 0 fully saturated rings. The fourth-order valence-corrected chi connectivity index (χ4v) is 1.53. The van der Waals surface area contributed by atoms with E-state index in [4.69, 9.17) is 5.73 Å². The zero-order chi connectivity index (χ0) is 14.0. The highest BCUT2D eigenvalue weighted by molar-refractivity contribution is 5.85. The number of aromatic nitrogens is 2. The molecule has 2 heterocycles. The monoisotopic (exact) mass is 305 g/mol. The maximum Gasteiger partial charge on any atom is 0.417 e. The molecule has 3 N–H and O–H groups in total. The summed E-state index contributed by atoms with van der Waals surface area (Å²) in [5.41, 5.74) is 5.60. The molecule has 108 valence electrons. The molecule has 0 amide bonds. The molecule has 2 aromatic rings. The lowest BCUT2D eigenvalue weighted by Crippen LogP contribution is -2.05. The van der Waals surface area contributed by atoms with Crippen molar-refractivity contribution in [3.63, 3.8) is 0 Å². The number of pyridine rings is 2. The minimum Gasteiger partial charge on any atom is -0.506 e. The van der Waals surface area contributed by atoms with Gasteiger partial charge >= 0.3 is 6.18 Å². The van der Waals surface area contributed by atoms with E-state index in [1.807, 2.05) is 0 Å². The van der Waals surface area contributed by atoms with Gasteiger partial charge in [-0.1, -0.05) is 0 Å². The first kappa shape index (κ1) is 16.2. The van der Waals surface area contributed by atoms with E-state index in [1.165, 1.54) is 18.3 Å². The maximum absolute atomic E-state index is 12.4. The van der Waals surface area contributed by atoms with E-state index in [1.54, 1.807) is 0 Å². The smallest absolute Gasteiger partial charge is 0.417 e. The summed E-state index contributed by atoms with van der Waals surface area (Å²) in [7, 11) is 0. The van der Waals surface area contributed by atoms with Crippen LogP contribution in [0.5, 0.6) is 5.75 Å². The summed E-state index contributed by atoms with van der Waals surface area (Å²) in [5.74, 6) is -0.163. The molecule has 20 heavy (non-hydrogen) atoms. The molecule has 0 atom stereocenters. The molecule has 0 radical (unpaired) electrons. The lowest BCUT2D eigenvalue weighted by molar-refractivity contribution is -0.137. The molecule has 0 unspecified atom stereocenters. The molecule has 8 heteroatoms. The number of halogens is 4. The Morgan fingerprint density at radius 2 is 1.85 bits per heavy atom. The van der Waals surface area contributed by atoms with Crippen LogP contribution in [0.3, 0.4) is 0 Å². The highest BCUT2D eigenvalue weighted by Crippen LogP contribution is 2.31. The van der Waals surface area contributed by atoms with Crippen molar-refractivity contribution in [1.29, 1.82) is 0 Å². The largest absolute Gasteiger partial charge is 0.506 e. The van der Waals surface area contributed by atoms with Crippen molar-refractivity contribution < 1.29 is 18.3 Å². The average molecular weight is 306 g/mol. The molecule has 0 saturated heterocycles. The molecule has 0 aliphatic rings. The van der Waals surface area contributed by atoms with Crippen LogP contribution in [0.2, 0.25) is 0 Å². The third kappa shape index (κ3) is 3.37. The normalized spacial score (nSPS) is 11.0. The number of hydrogen-bond donors (Lipinski definition) is 2. The summed E-state index contributed by atoms with van der Waals surface area (Å²) in [6, 6.07) is 3.59. The lowest BCUT2D eigenvalue weighted by Gasteiger charge is -2.08. The van der Waals surface area contributed by atoms with Crippen molar-refractivity contribution in [3.05, 3.63) is 41.9 Å². The van der Waals surface area contributed by atoms with E-state index in [-0.39, 0.29) is 30.4 Å². The van der Waals surface area contributed by atoms with Gasteiger partial charge in [0.05, 0.1) is 23.1 Å². The van der Waals surface area contributed by atoms with Crippen LogP contribution in [0.1, 0.15) is 11.3 Å². The van der Waals surface area contributed by atoms with Gasteiger partial charge in [0.15, 0.2) is 0 Å². The Kier molecular flexibility index (Phi) is 4.91. The van der Waals surface area contributed by atoms with Crippen LogP contribution in [0, 0.1) is 0 Å². The Morgan fingerprint density at radius 3 is 2.35 bits per heavy atom. The van der Waals surface area contributed by atoms with Crippen molar-refractivity contribution in [2.24, 2.45) is 5.73 Å². The second-order valence-electron chi connectivity index (χ2n) is 3.83. The number of nitrogens with two attached hydrogens (primary N) is 1. The van der Waals surface area contributed by atoms with Gasteiger partial charge in [-0.3, -0.25) is 9.97 Å². The van der Waals surface area contributed by atoms with E-state index in [0.717, 1.165) is 12.3 Å². The van der Waals surface area contributed by atoms with Crippen LogP contribution in [0.15, 0.2) is 30.6 Å². The molecule has 2 rings (SSSR count). The van der Waals surface area contributed by atoms with Gasteiger partial charge in [0.2, 0.25) is 0 Å². The van der Waals surface area contributed by atoms with Crippen molar-refractivity contribution in [2.75, 3.05) is 0 Å². The molecule has 0 aliphatic heterocycles. The van der Waals surface area contributed by atoms with Crippen molar-refractivity contribution in [3.8, 4) is 17.0 Å². The predicted molar refractivity (Wildman–Crippen MR) is 69.3 cm³/mol. The Bertz CT molecular complexity index is 587. The second-order valence-corrected chi connectivity index (χ2v) is 3.83. The SMILES string of the molecule is Cl.NCc1cc(-c2ccc(C(F)(F)F)cn2)c(O)cn1. The number of hydrogen-bond acceptors (Lipinski definition) is 4. The summed E-state index contributed by atoms with van der Waals surface area (Å²) in [5, 5.41) is 9.65. The summed E-state index contributed by atoms with van der Waals surface area (Å²) in [4.78, 5) is 7.56. The van der Waals surface area contributed by atoms with Gasteiger partial charge in [0.25, 0.3) is 0 Å². The number of rotatable bonds is 2. The first-order chi connectivity index (χ1) is 8.91. The van der Waals surface area contributed by atoms with Gasteiger partial charge in [0, 0.05) is 18.3 Å². The summed E-state index contributed by atoms with van der Waals surface area (Å²) in [6.45, 7) is 0.161. The summed E-state index contributed by atoms with van der Waals surface area (Å²) >= 11 is 0. The Hall–Kier alpha value is -1.86. The van der Waals surface area contributed by atoms with E-state index >= 15 is 0 Å². The molecule has 0 aliphatic carbocycles. The van der Waals surface area contributed by atoms with Crippen LogP contribution in [0.4, 0.5) is 13.2 Å². The Balaban J connectivity index is 0.00000200. The third-order valence-electron chi connectivity index (χ3n) is 2.52. The molecule has 0 aromatic carbocycles. The van der Waals surface area contributed by atoms with Gasteiger partial charge in [-0.15, -0.1) is 12.4 Å². The minimum atomic E-state index is -4.44. The first-order valence-corrected chi connectivity index (χ1v) is 5.33. The minimum absolute atomic E-state index is 0. The Morgan fingerprint density at radius 1 is 1.15 bits per heavy atom. The van der Waals surface area contributed by atoms with Gasteiger partial charge in [-0.2, -0.15) is 13.2 Å². The fraction of sp³-hybridized carbons (Fsp3) is 0.167. The zero-order valence-electron chi connectivity index (χ0n) is 10.1. The van der Waals surface area contributed by atoms with Gasteiger partial charge < -0.3 is 10.8 Å². The van der Waals surface area contributed by atoms with E-state index in [0.29, 0.717) is 11.3 Å². The molecule has 4 nitrogen and oxygen atoms in total. The number of aromatic hydroxyl groups is 1. The van der Waals surface area contributed by atoms with Crippen LogP contribution in [-0.2, 0) is 12.7 Å². The van der Waals surface area contributed by atoms with Crippen molar-refractivity contribution in [2.45, 2.75) is 12.7 Å². The molecule has 0 bridgehead atoms. The molecule has 2 aromatic heterocycles. The van der Waals surface area contributed by atoms with Crippen molar-refractivity contribution in [1.82, 2.24) is 9.97 Å². The third-order valence-corrected chi connectivity index (χ3v) is 2.52. The zero-order valence-corrected chi connectivity index (χ0v) is 10.9. The molecular weight excluding hydrogens is 295 g/mol. The molecule has 0 spiro atoms. The maximum atomic E-state index is 12.4. The standard InChI is InChI=1S/C12H10F3N3O.ClH/c13-12(14,15)7-1-2-10(18-5-7)9-3-8(4-16)17-6-11(9)19;/h1-3,5-6,19H,4,16H2;1H. The van der Waals surface area contributed by atoms with Gasteiger partial charge in [0.1, 0.15) is 5.75 Å². The highest BCUT2D eigenvalue weighted by Gasteiger charge is 2.30. The van der Waals surface area contributed by atoms with E-state index in [2.05, 4.69) is 9.97 Å². The number of alkyl halides is 3.